The van der Waals surface area contributed by atoms with Crippen molar-refractivity contribution >= 4 is 5.91 Å². The first-order valence-electron chi connectivity index (χ1n) is 8.08. The second kappa shape index (κ2) is 7.00. The smallest absolute Gasteiger partial charge is 0.346 e. The van der Waals surface area contributed by atoms with Crippen LogP contribution in [0.4, 0.5) is 0 Å². The van der Waals surface area contributed by atoms with Crippen LogP contribution in [0.2, 0.25) is 0 Å². The Bertz CT molecular complexity index is 766. The number of hydrogen-bond acceptors (Lipinski definition) is 4. The van der Waals surface area contributed by atoms with E-state index in [0.29, 0.717) is 18.9 Å². The minimum Gasteiger partial charge on any atom is -0.375 e. The average molecular weight is 330 g/mol. The lowest BCUT2D eigenvalue weighted by Crippen LogP contribution is -2.35. The van der Waals surface area contributed by atoms with Gasteiger partial charge in [-0.1, -0.05) is 30.3 Å². The molecule has 3 rings (SSSR count). The molecule has 0 bridgehead atoms. The summed E-state index contributed by atoms with van der Waals surface area (Å²) >= 11 is 0. The minimum atomic E-state index is -0.176. The number of nitrogens with zero attached hydrogens (tertiary/aromatic N) is 4. The maximum Gasteiger partial charge on any atom is 0.346 e. The highest BCUT2D eigenvalue weighted by Crippen LogP contribution is 2.30. The highest BCUT2D eigenvalue weighted by molar-refractivity contribution is 5.78. The number of benzene rings is 1. The second-order valence-electron chi connectivity index (χ2n) is 6.01. The predicted octanol–water partition coefficient (Wildman–Crippen LogP) is 0.940. The zero-order chi connectivity index (χ0) is 17.1. The Morgan fingerprint density at radius 2 is 2.08 bits per heavy atom. The van der Waals surface area contributed by atoms with E-state index in [1.54, 1.807) is 16.5 Å². The molecule has 1 fully saturated rings. The number of aromatic nitrogens is 3. The minimum absolute atomic E-state index is 0.0479. The van der Waals surface area contributed by atoms with Gasteiger partial charge < -0.3 is 9.64 Å². The molecule has 1 aliphatic heterocycles. The number of carbonyl (C=O) groups excluding carboxylic acids is 1. The Labute approximate surface area is 140 Å². The molecule has 7 nitrogen and oxygen atoms in total. The Kier molecular flexibility index (Phi) is 4.80. The first kappa shape index (κ1) is 16.4. The van der Waals surface area contributed by atoms with Crippen LogP contribution in [-0.2, 0) is 23.1 Å². The molecule has 1 aliphatic rings. The first-order valence-corrected chi connectivity index (χ1v) is 8.08. The van der Waals surface area contributed by atoms with E-state index in [0.717, 1.165) is 18.4 Å². The van der Waals surface area contributed by atoms with E-state index >= 15 is 0 Å². The van der Waals surface area contributed by atoms with E-state index in [-0.39, 0.29) is 24.2 Å². The molecule has 1 aromatic heterocycles. The van der Waals surface area contributed by atoms with Crippen molar-refractivity contribution in [3.63, 3.8) is 0 Å². The number of aryl methyl sites for hydroxylation is 1. The van der Waals surface area contributed by atoms with Crippen LogP contribution < -0.4 is 5.69 Å². The zero-order valence-electron chi connectivity index (χ0n) is 14.0. The number of amides is 1. The number of rotatable bonds is 5. The van der Waals surface area contributed by atoms with Crippen molar-refractivity contribution in [1.29, 1.82) is 0 Å². The van der Waals surface area contributed by atoms with Crippen molar-refractivity contribution in [3.8, 4) is 0 Å². The molecule has 128 valence electrons. The number of carbonyl (C=O) groups is 1. The fraction of sp³-hybridized carbons (Fsp3) is 0.471. The summed E-state index contributed by atoms with van der Waals surface area (Å²) in [5.41, 5.74) is 0.863. The van der Waals surface area contributed by atoms with Crippen molar-refractivity contribution in [2.45, 2.75) is 25.4 Å². The van der Waals surface area contributed by atoms with E-state index in [9.17, 15) is 9.59 Å². The largest absolute Gasteiger partial charge is 0.375 e. The van der Waals surface area contributed by atoms with Crippen molar-refractivity contribution in [1.82, 2.24) is 19.2 Å². The molecular weight excluding hydrogens is 308 g/mol. The molecule has 0 unspecified atom stereocenters. The third-order valence-corrected chi connectivity index (χ3v) is 4.36. The summed E-state index contributed by atoms with van der Waals surface area (Å²) in [7, 11) is 3.15. The van der Waals surface area contributed by atoms with E-state index in [1.807, 2.05) is 30.3 Å². The summed E-state index contributed by atoms with van der Waals surface area (Å²) in [5, 5.41) is 4.41. The van der Waals surface area contributed by atoms with Gasteiger partial charge in [-0.2, -0.15) is 5.10 Å². The van der Waals surface area contributed by atoms with Gasteiger partial charge >= 0.3 is 5.69 Å². The lowest BCUT2D eigenvalue weighted by molar-refractivity contribution is -0.136. The number of likely N-dealkylation sites (tertiary alicyclic amines) is 1. The van der Waals surface area contributed by atoms with Gasteiger partial charge in [0.2, 0.25) is 5.91 Å². The lowest BCUT2D eigenvalue weighted by Gasteiger charge is -2.24. The SMILES string of the molecule is COCC(=O)N1CCC[C@H]1c1nn(C)c(=O)n1Cc1ccccc1. The highest BCUT2D eigenvalue weighted by atomic mass is 16.5. The summed E-state index contributed by atoms with van der Waals surface area (Å²) in [5.74, 6) is 0.581. The molecule has 24 heavy (non-hydrogen) atoms. The Hall–Kier alpha value is -2.41. The van der Waals surface area contributed by atoms with Gasteiger partial charge in [0.05, 0.1) is 12.6 Å². The molecule has 1 aromatic carbocycles. The molecule has 0 aliphatic carbocycles. The molecular formula is C17H22N4O3. The maximum absolute atomic E-state index is 12.5. The van der Waals surface area contributed by atoms with Gasteiger partial charge in [-0.3, -0.25) is 9.36 Å². The summed E-state index contributed by atoms with van der Waals surface area (Å²) in [6.45, 7) is 1.17. The summed E-state index contributed by atoms with van der Waals surface area (Å²) in [4.78, 5) is 26.5. The van der Waals surface area contributed by atoms with Crippen LogP contribution in [0, 0.1) is 0 Å². The zero-order valence-corrected chi connectivity index (χ0v) is 14.0. The highest BCUT2D eigenvalue weighted by Gasteiger charge is 2.34. The topological polar surface area (TPSA) is 69.4 Å². The van der Waals surface area contributed by atoms with Crippen LogP contribution in [0.1, 0.15) is 30.3 Å². The molecule has 2 heterocycles. The molecule has 0 spiro atoms. The fourth-order valence-electron chi connectivity index (χ4n) is 3.22. The van der Waals surface area contributed by atoms with Gasteiger partial charge in [0.15, 0.2) is 5.82 Å². The fourth-order valence-corrected chi connectivity index (χ4v) is 3.22. The van der Waals surface area contributed by atoms with Gasteiger partial charge in [0, 0.05) is 20.7 Å². The van der Waals surface area contributed by atoms with Crippen LogP contribution in [0.15, 0.2) is 35.1 Å². The number of ether oxygens (including phenoxy) is 1. The molecule has 0 saturated carbocycles. The third-order valence-electron chi connectivity index (χ3n) is 4.36. The van der Waals surface area contributed by atoms with Crippen LogP contribution in [0.3, 0.4) is 0 Å². The van der Waals surface area contributed by atoms with Gasteiger partial charge in [-0.25, -0.2) is 9.48 Å². The first-order chi connectivity index (χ1) is 11.6. The normalized spacial score (nSPS) is 17.4. The maximum atomic E-state index is 12.5. The van der Waals surface area contributed by atoms with Crippen molar-refractivity contribution < 1.29 is 9.53 Å². The lowest BCUT2D eigenvalue weighted by atomic mass is 10.2. The van der Waals surface area contributed by atoms with E-state index < -0.39 is 0 Å². The summed E-state index contributed by atoms with van der Waals surface area (Å²) < 4.78 is 7.98. The van der Waals surface area contributed by atoms with Crippen molar-refractivity contribution in [2.24, 2.45) is 7.05 Å². The Morgan fingerprint density at radius 1 is 1.33 bits per heavy atom. The Morgan fingerprint density at radius 3 is 2.79 bits per heavy atom. The van der Waals surface area contributed by atoms with Crippen LogP contribution in [0.25, 0.3) is 0 Å². The second-order valence-corrected chi connectivity index (χ2v) is 6.01. The molecule has 1 atom stereocenters. The molecule has 1 amide bonds. The molecule has 0 N–H and O–H groups in total. The van der Waals surface area contributed by atoms with Gasteiger partial charge in [0.25, 0.3) is 0 Å². The van der Waals surface area contributed by atoms with Crippen molar-refractivity contribution in [2.75, 3.05) is 20.3 Å². The molecule has 2 aromatic rings. The van der Waals surface area contributed by atoms with Crippen molar-refractivity contribution in [3.05, 3.63) is 52.2 Å². The van der Waals surface area contributed by atoms with Crippen LogP contribution in [0.5, 0.6) is 0 Å². The Balaban J connectivity index is 1.94. The molecule has 7 heteroatoms. The van der Waals surface area contributed by atoms with Gasteiger partial charge in [-0.15, -0.1) is 0 Å². The predicted molar refractivity (Wildman–Crippen MR) is 88.6 cm³/mol. The van der Waals surface area contributed by atoms with E-state index in [2.05, 4.69) is 5.10 Å². The van der Waals surface area contributed by atoms with E-state index in [4.69, 9.17) is 4.74 Å². The summed E-state index contributed by atoms with van der Waals surface area (Å²) in [6, 6.07) is 9.61. The number of hydrogen-bond donors (Lipinski definition) is 0. The number of methoxy groups -OCH3 is 1. The van der Waals surface area contributed by atoms with Gasteiger partial charge in [0.1, 0.15) is 6.61 Å². The standard InChI is InChI=1S/C17H22N4O3/c1-19-17(23)21(11-13-7-4-3-5-8-13)16(18-19)14-9-6-10-20(14)15(22)12-24-2/h3-5,7-8,14H,6,9-12H2,1-2H3/t14-/m0/s1. The molecule has 1 saturated heterocycles. The average Bonchev–Trinajstić information content (AvgIpc) is 3.16. The quantitative estimate of drug-likeness (QED) is 0.818. The summed E-state index contributed by atoms with van der Waals surface area (Å²) in [6.07, 6.45) is 1.71. The third kappa shape index (κ3) is 3.12. The van der Waals surface area contributed by atoms with Crippen LogP contribution in [-0.4, -0.2) is 45.4 Å². The van der Waals surface area contributed by atoms with E-state index in [1.165, 1.54) is 11.8 Å². The van der Waals surface area contributed by atoms with Gasteiger partial charge in [-0.05, 0) is 18.4 Å². The van der Waals surface area contributed by atoms with Crippen LogP contribution >= 0.6 is 0 Å². The monoisotopic (exact) mass is 330 g/mol. The molecule has 0 radical (unpaired) electrons.